The molecule has 0 atom stereocenters. The first-order valence-corrected chi connectivity index (χ1v) is 15.0. The third kappa shape index (κ3) is 4.88. The first-order chi connectivity index (χ1) is 22.5. The molecule has 7 aromatic carbocycles. The van der Waals surface area contributed by atoms with E-state index < -0.39 is 5.97 Å². The minimum Gasteiger partial charge on any atom is -0.478 e. The normalized spacial score (nSPS) is 11.3. The van der Waals surface area contributed by atoms with Gasteiger partial charge < -0.3 is 15.7 Å². The highest BCUT2D eigenvalue weighted by atomic mass is 16.4. The molecule has 224 valence electrons. The summed E-state index contributed by atoms with van der Waals surface area (Å²) in [5.74, 6) is -1.81. The van der Waals surface area contributed by atoms with Gasteiger partial charge in [-0.3, -0.25) is 14.4 Å². The molecule has 0 saturated carbocycles. The summed E-state index contributed by atoms with van der Waals surface area (Å²) in [4.78, 5) is 51.9. The van der Waals surface area contributed by atoms with Crippen LogP contribution in [0.3, 0.4) is 0 Å². The van der Waals surface area contributed by atoms with Gasteiger partial charge in [0.2, 0.25) is 0 Å². The summed E-state index contributed by atoms with van der Waals surface area (Å²) in [5.41, 5.74) is 3.07. The van der Waals surface area contributed by atoms with Crippen LogP contribution in [-0.4, -0.2) is 35.7 Å². The maximum atomic E-state index is 13.6. The summed E-state index contributed by atoms with van der Waals surface area (Å²) in [7, 11) is 0. The van der Waals surface area contributed by atoms with Crippen molar-refractivity contribution in [1.29, 1.82) is 0 Å². The van der Waals surface area contributed by atoms with E-state index in [1.54, 1.807) is 24.3 Å². The van der Waals surface area contributed by atoms with Crippen LogP contribution in [-0.2, 0) is 13.0 Å². The Hall–Kier alpha value is -6.08. The van der Waals surface area contributed by atoms with Crippen molar-refractivity contribution in [2.75, 3.05) is 6.54 Å². The Morgan fingerprint density at radius 1 is 0.543 bits per heavy atom. The largest absolute Gasteiger partial charge is 0.478 e. The number of carbonyl (C=O) groups is 4. The van der Waals surface area contributed by atoms with Crippen molar-refractivity contribution < 1.29 is 24.3 Å². The van der Waals surface area contributed by atoms with Crippen LogP contribution in [0.5, 0.6) is 0 Å². The minimum absolute atomic E-state index is 0.0231. The van der Waals surface area contributed by atoms with Crippen LogP contribution in [0.2, 0.25) is 0 Å². The SMILES string of the molecule is O=Cc1ccc2c3ccc(C(=O)O)c4c(C(=O)NCCc5ccccc5)ccc(c5ccc(C(=O)NCc6ccccc6)c1c25)c43. The van der Waals surface area contributed by atoms with Crippen molar-refractivity contribution in [3.05, 3.63) is 143 Å². The van der Waals surface area contributed by atoms with Gasteiger partial charge in [0.15, 0.2) is 6.29 Å². The van der Waals surface area contributed by atoms with E-state index in [2.05, 4.69) is 10.6 Å². The predicted octanol–water partition coefficient (Wildman–Crippen LogP) is 7.15. The zero-order valence-electron chi connectivity index (χ0n) is 24.7. The van der Waals surface area contributed by atoms with Crippen molar-refractivity contribution in [3.63, 3.8) is 0 Å². The highest BCUT2D eigenvalue weighted by Gasteiger charge is 2.24. The number of hydrogen-bond acceptors (Lipinski definition) is 4. The van der Waals surface area contributed by atoms with Gasteiger partial charge in [0, 0.05) is 40.6 Å². The maximum Gasteiger partial charge on any atom is 0.336 e. The first-order valence-electron chi connectivity index (χ1n) is 15.0. The maximum absolute atomic E-state index is 13.6. The van der Waals surface area contributed by atoms with Crippen molar-refractivity contribution in [2.24, 2.45) is 0 Å². The lowest BCUT2D eigenvalue weighted by Gasteiger charge is -2.19. The van der Waals surface area contributed by atoms with Gasteiger partial charge in [-0.05, 0) is 68.1 Å². The number of aromatic carboxylic acids is 1. The van der Waals surface area contributed by atoms with Gasteiger partial charge >= 0.3 is 5.97 Å². The summed E-state index contributed by atoms with van der Waals surface area (Å²) in [6.45, 7) is 0.718. The zero-order valence-corrected chi connectivity index (χ0v) is 24.7. The lowest BCUT2D eigenvalue weighted by molar-refractivity contribution is 0.0698. The number of carboxylic acids is 1. The fourth-order valence-corrected chi connectivity index (χ4v) is 6.50. The molecule has 7 aromatic rings. The van der Waals surface area contributed by atoms with Crippen molar-refractivity contribution in [2.45, 2.75) is 13.0 Å². The number of aldehydes is 1. The monoisotopic (exact) mass is 604 g/mol. The van der Waals surface area contributed by atoms with Crippen LogP contribution in [0.4, 0.5) is 0 Å². The van der Waals surface area contributed by atoms with Gasteiger partial charge in [-0.2, -0.15) is 0 Å². The van der Waals surface area contributed by atoms with Crippen LogP contribution in [0.25, 0.3) is 43.1 Å². The number of benzene rings is 7. The van der Waals surface area contributed by atoms with Gasteiger partial charge in [0.25, 0.3) is 11.8 Å². The highest BCUT2D eigenvalue weighted by Crippen LogP contribution is 2.43. The van der Waals surface area contributed by atoms with Crippen molar-refractivity contribution in [3.8, 4) is 0 Å². The van der Waals surface area contributed by atoms with Gasteiger partial charge in [-0.25, -0.2) is 4.79 Å². The van der Waals surface area contributed by atoms with E-state index in [-0.39, 0.29) is 22.9 Å². The molecule has 2 amide bonds. The molecule has 0 radical (unpaired) electrons. The summed E-state index contributed by atoms with van der Waals surface area (Å²) in [5, 5.41) is 21.4. The second-order valence-corrected chi connectivity index (χ2v) is 11.3. The Labute approximate surface area is 263 Å². The molecule has 0 aliphatic heterocycles. The molecular formula is C39H28N2O5. The van der Waals surface area contributed by atoms with Crippen molar-refractivity contribution >= 4 is 67.2 Å². The Balaban J connectivity index is 1.39. The quantitative estimate of drug-likeness (QED) is 0.0920. The predicted molar refractivity (Wildman–Crippen MR) is 180 cm³/mol. The van der Waals surface area contributed by atoms with E-state index in [0.29, 0.717) is 46.8 Å². The van der Waals surface area contributed by atoms with Crippen LogP contribution in [0, 0.1) is 0 Å². The van der Waals surface area contributed by atoms with E-state index in [9.17, 15) is 24.3 Å². The molecule has 0 aliphatic rings. The number of amides is 2. The number of carboxylic acid groups (broad SMARTS) is 1. The number of fused-ring (bicyclic) bond motifs is 2. The number of nitrogens with one attached hydrogen (secondary N) is 2. The molecule has 7 heteroatoms. The second-order valence-electron chi connectivity index (χ2n) is 11.3. The lowest BCUT2D eigenvalue weighted by atomic mass is 9.84. The van der Waals surface area contributed by atoms with Gasteiger partial charge in [-0.1, -0.05) is 91.0 Å². The van der Waals surface area contributed by atoms with Crippen molar-refractivity contribution in [1.82, 2.24) is 10.6 Å². The Kier molecular flexibility index (Phi) is 7.35. The summed E-state index contributed by atoms with van der Waals surface area (Å²) in [6, 6.07) is 33.2. The number of hydrogen-bond donors (Lipinski definition) is 3. The van der Waals surface area contributed by atoms with E-state index in [4.69, 9.17) is 0 Å². The molecule has 7 rings (SSSR count). The van der Waals surface area contributed by atoms with E-state index in [1.807, 2.05) is 78.9 Å². The smallest absolute Gasteiger partial charge is 0.336 e. The molecule has 0 unspecified atom stereocenters. The Bertz CT molecular complexity index is 2290. The summed E-state index contributed by atoms with van der Waals surface area (Å²) in [6.07, 6.45) is 1.38. The minimum atomic E-state index is -1.14. The standard InChI is InChI=1S/C39H28N2O5/c42-22-25-11-12-26-29-15-18-32(39(45)46)36-31(37(43)40-20-19-23-7-3-1-4-8-23)17-14-28(35(29)36)27-13-16-30(33(25)34(26)27)38(44)41-21-24-9-5-2-6-10-24/h1-18,22H,19-21H2,(H,40,43)(H,41,44)(H,45,46). The van der Waals surface area contributed by atoms with E-state index >= 15 is 0 Å². The molecule has 0 spiro atoms. The molecule has 0 aliphatic carbocycles. The average molecular weight is 605 g/mol. The van der Waals surface area contributed by atoms with Crippen LogP contribution < -0.4 is 10.6 Å². The molecular weight excluding hydrogens is 576 g/mol. The first kappa shape index (κ1) is 28.7. The molecule has 3 N–H and O–H groups in total. The van der Waals surface area contributed by atoms with Gasteiger partial charge in [0.1, 0.15) is 0 Å². The third-order valence-electron chi connectivity index (χ3n) is 8.62. The topological polar surface area (TPSA) is 113 Å². The number of rotatable bonds is 9. The molecule has 46 heavy (non-hydrogen) atoms. The van der Waals surface area contributed by atoms with Crippen LogP contribution in [0.1, 0.15) is 52.6 Å². The second kappa shape index (κ2) is 11.8. The molecule has 0 fully saturated rings. The van der Waals surface area contributed by atoms with Crippen LogP contribution in [0.15, 0.2) is 109 Å². The van der Waals surface area contributed by atoms with E-state index in [0.717, 1.165) is 44.3 Å². The fraction of sp³-hybridized carbons (Fsp3) is 0.0769. The Morgan fingerprint density at radius 3 is 1.63 bits per heavy atom. The number of carbonyl (C=O) groups excluding carboxylic acids is 3. The fourth-order valence-electron chi connectivity index (χ4n) is 6.50. The summed E-state index contributed by atoms with van der Waals surface area (Å²) < 4.78 is 0. The highest BCUT2D eigenvalue weighted by molar-refractivity contribution is 6.38. The Morgan fingerprint density at radius 2 is 1.04 bits per heavy atom. The molecule has 0 heterocycles. The van der Waals surface area contributed by atoms with Crippen LogP contribution >= 0.6 is 0 Å². The average Bonchev–Trinajstić information content (AvgIpc) is 3.09. The van der Waals surface area contributed by atoms with E-state index in [1.165, 1.54) is 6.07 Å². The third-order valence-corrected chi connectivity index (χ3v) is 8.62. The lowest BCUT2D eigenvalue weighted by Crippen LogP contribution is -2.26. The summed E-state index contributed by atoms with van der Waals surface area (Å²) >= 11 is 0. The molecule has 0 saturated heterocycles. The molecule has 7 nitrogen and oxygen atoms in total. The molecule has 0 aromatic heterocycles. The van der Waals surface area contributed by atoms with Gasteiger partial charge in [-0.15, -0.1) is 0 Å². The molecule has 0 bridgehead atoms. The van der Waals surface area contributed by atoms with Gasteiger partial charge in [0.05, 0.1) is 5.56 Å². The zero-order chi connectivity index (χ0) is 31.8.